The Morgan fingerprint density at radius 1 is 1.30 bits per heavy atom. The van der Waals surface area contributed by atoms with E-state index >= 15 is 0 Å². The summed E-state index contributed by atoms with van der Waals surface area (Å²) >= 11 is 5.95. The number of amides is 2. The first-order chi connectivity index (χ1) is 13.1. The van der Waals surface area contributed by atoms with Crippen LogP contribution in [0.15, 0.2) is 42.6 Å². The van der Waals surface area contributed by atoms with E-state index in [0.717, 1.165) is 43.2 Å². The van der Waals surface area contributed by atoms with Gasteiger partial charge in [-0.15, -0.1) is 5.10 Å². The largest absolute Gasteiger partial charge is 0.353 e. The van der Waals surface area contributed by atoms with Gasteiger partial charge in [-0.2, -0.15) is 5.10 Å². The van der Waals surface area contributed by atoms with Crippen molar-refractivity contribution in [2.75, 3.05) is 25.0 Å². The molecule has 0 bridgehead atoms. The van der Waals surface area contributed by atoms with Crippen LogP contribution in [0.1, 0.15) is 30.7 Å². The van der Waals surface area contributed by atoms with Crippen molar-refractivity contribution in [3.8, 4) is 0 Å². The predicted molar refractivity (Wildman–Crippen MR) is 106 cm³/mol. The molecular formula is C20H24ClN5O. The molecule has 0 spiro atoms. The van der Waals surface area contributed by atoms with Crippen LogP contribution in [0.25, 0.3) is 0 Å². The summed E-state index contributed by atoms with van der Waals surface area (Å²) in [5.74, 6) is 1.27. The summed E-state index contributed by atoms with van der Waals surface area (Å²) in [4.78, 5) is 16.8. The van der Waals surface area contributed by atoms with E-state index in [9.17, 15) is 4.79 Å². The van der Waals surface area contributed by atoms with E-state index in [1.165, 1.54) is 5.56 Å². The van der Waals surface area contributed by atoms with E-state index in [4.69, 9.17) is 11.6 Å². The van der Waals surface area contributed by atoms with Gasteiger partial charge >= 0.3 is 6.03 Å². The fourth-order valence-electron chi connectivity index (χ4n) is 3.80. The zero-order chi connectivity index (χ0) is 18.8. The van der Waals surface area contributed by atoms with Gasteiger partial charge in [-0.1, -0.05) is 23.7 Å². The molecule has 2 amide bonds. The summed E-state index contributed by atoms with van der Waals surface area (Å²) in [6, 6.07) is 12.2. The second-order valence-corrected chi connectivity index (χ2v) is 7.82. The van der Waals surface area contributed by atoms with Crippen molar-refractivity contribution >= 4 is 23.4 Å². The van der Waals surface area contributed by atoms with Crippen LogP contribution in [0.2, 0.25) is 5.02 Å². The Labute approximate surface area is 164 Å². The van der Waals surface area contributed by atoms with E-state index < -0.39 is 0 Å². The van der Waals surface area contributed by atoms with Crippen LogP contribution in [-0.4, -0.2) is 53.3 Å². The zero-order valence-electron chi connectivity index (χ0n) is 15.4. The minimum atomic E-state index is 0.00228. The van der Waals surface area contributed by atoms with Crippen molar-refractivity contribution < 1.29 is 4.79 Å². The molecule has 27 heavy (non-hydrogen) atoms. The lowest BCUT2D eigenvalue weighted by molar-refractivity contribution is 0.182. The molecule has 2 aromatic rings. The number of likely N-dealkylation sites (N-methyl/N-ethyl adjacent to an activating group) is 1. The Balaban J connectivity index is 1.32. The number of urea groups is 1. The molecule has 1 aliphatic carbocycles. The molecule has 1 aromatic heterocycles. The fourth-order valence-corrected chi connectivity index (χ4v) is 3.93. The third kappa shape index (κ3) is 4.16. The quantitative estimate of drug-likeness (QED) is 0.877. The summed E-state index contributed by atoms with van der Waals surface area (Å²) in [5.41, 5.74) is 1.24. The normalized spacial score (nSPS) is 24.4. The first-order valence-corrected chi connectivity index (χ1v) is 9.81. The van der Waals surface area contributed by atoms with Crippen molar-refractivity contribution in [1.29, 1.82) is 0 Å². The van der Waals surface area contributed by atoms with Crippen LogP contribution in [0.4, 0.5) is 10.6 Å². The van der Waals surface area contributed by atoms with Crippen LogP contribution < -0.4 is 10.2 Å². The first kappa shape index (κ1) is 18.0. The van der Waals surface area contributed by atoms with Crippen LogP contribution >= 0.6 is 11.6 Å². The highest BCUT2D eigenvalue weighted by atomic mass is 35.5. The number of halogens is 1. The Morgan fingerprint density at radius 2 is 2.11 bits per heavy atom. The molecule has 1 aromatic carbocycles. The SMILES string of the molecule is CN(C(=O)N[C@@H]1CC1c1ccc(Cl)cc1)C1CCCN(c2cccnn2)C1. The van der Waals surface area contributed by atoms with Crippen molar-refractivity contribution in [2.45, 2.75) is 37.3 Å². The van der Waals surface area contributed by atoms with Crippen LogP contribution in [0, 0.1) is 0 Å². The third-order valence-electron chi connectivity index (χ3n) is 5.54. The highest BCUT2D eigenvalue weighted by Crippen LogP contribution is 2.41. The maximum atomic E-state index is 12.7. The standard InChI is InChI=1S/C20H24ClN5O/c1-25(16-4-3-11-26(13-16)19-5-2-10-22-24-19)20(27)23-18-12-17(18)14-6-8-15(21)9-7-14/h2,5-10,16-18H,3-4,11-13H2,1H3,(H,23,27)/t16?,17?,18-/m1/s1. The Hall–Kier alpha value is -2.34. The monoisotopic (exact) mass is 385 g/mol. The van der Waals surface area contributed by atoms with Crippen LogP contribution in [-0.2, 0) is 0 Å². The number of hydrogen-bond acceptors (Lipinski definition) is 4. The fraction of sp³-hybridized carbons (Fsp3) is 0.450. The van der Waals surface area contributed by atoms with Gasteiger partial charge in [0, 0.05) is 43.3 Å². The zero-order valence-corrected chi connectivity index (χ0v) is 16.1. The van der Waals surface area contributed by atoms with Gasteiger partial charge in [0.05, 0.1) is 6.04 Å². The summed E-state index contributed by atoms with van der Waals surface area (Å²) in [6.45, 7) is 1.74. The predicted octanol–water partition coefficient (Wildman–Crippen LogP) is 3.30. The Bertz CT molecular complexity index is 785. The highest BCUT2D eigenvalue weighted by Gasteiger charge is 2.40. The minimum absolute atomic E-state index is 0.00228. The van der Waals surface area contributed by atoms with Gasteiger partial charge in [0.2, 0.25) is 0 Å². The third-order valence-corrected chi connectivity index (χ3v) is 5.80. The molecule has 2 aliphatic rings. The van der Waals surface area contributed by atoms with Crippen molar-refractivity contribution in [3.63, 3.8) is 0 Å². The number of carbonyl (C=O) groups is 1. The molecule has 2 fully saturated rings. The van der Waals surface area contributed by atoms with Crippen molar-refractivity contribution in [3.05, 3.63) is 53.2 Å². The molecule has 1 N–H and O–H groups in total. The molecule has 6 nitrogen and oxygen atoms in total. The number of aromatic nitrogens is 2. The maximum absolute atomic E-state index is 12.7. The molecule has 4 rings (SSSR count). The number of nitrogens with one attached hydrogen (secondary N) is 1. The molecule has 1 aliphatic heterocycles. The number of piperidine rings is 1. The first-order valence-electron chi connectivity index (χ1n) is 9.43. The van der Waals surface area contributed by atoms with Crippen molar-refractivity contribution in [1.82, 2.24) is 20.4 Å². The lowest BCUT2D eigenvalue weighted by Gasteiger charge is -2.38. The summed E-state index contributed by atoms with van der Waals surface area (Å²) < 4.78 is 0. The Kier molecular flexibility index (Phi) is 5.16. The van der Waals surface area contributed by atoms with Gasteiger partial charge in [-0.05, 0) is 49.1 Å². The molecule has 2 unspecified atom stereocenters. The molecule has 0 radical (unpaired) electrons. The maximum Gasteiger partial charge on any atom is 0.317 e. The minimum Gasteiger partial charge on any atom is -0.353 e. The lowest BCUT2D eigenvalue weighted by atomic mass is 10.0. The number of anilines is 1. The molecule has 7 heteroatoms. The summed E-state index contributed by atoms with van der Waals surface area (Å²) in [7, 11) is 1.89. The average molecular weight is 386 g/mol. The van der Waals surface area contributed by atoms with Gasteiger partial charge in [-0.3, -0.25) is 0 Å². The molecule has 1 saturated carbocycles. The summed E-state index contributed by atoms with van der Waals surface area (Å²) in [6.07, 6.45) is 4.70. The smallest absolute Gasteiger partial charge is 0.317 e. The molecule has 2 heterocycles. The van der Waals surface area contributed by atoms with Crippen molar-refractivity contribution in [2.24, 2.45) is 0 Å². The van der Waals surface area contributed by atoms with Gasteiger partial charge in [0.1, 0.15) is 0 Å². The van der Waals surface area contributed by atoms with Gasteiger partial charge in [0.15, 0.2) is 5.82 Å². The lowest BCUT2D eigenvalue weighted by Crippen LogP contribution is -2.52. The number of nitrogens with zero attached hydrogens (tertiary/aromatic N) is 4. The number of carbonyl (C=O) groups excluding carboxylic acids is 1. The molecule has 1 saturated heterocycles. The van der Waals surface area contributed by atoms with E-state index in [2.05, 4.69) is 20.4 Å². The van der Waals surface area contributed by atoms with E-state index in [1.54, 1.807) is 6.20 Å². The van der Waals surface area contributed by atoms with Gasteiger partial charge in [-0.25, -0.2) is 4.79 Å². The number of hydrogen-bond donors (Lipinski definition) is 1. The van der Waals surface area contributed by atoms with Crippen LogP contribution in [0.3, 0.4) is 0 Å². The second-order valence-electron chi connectivity index (χ2n) is 7.38. The molecule has 3 atom stereocenters. The van der Waals surface area contributed by atoms with E-state index in [0.29, 0.717) is 5.92 Å². The van der Waals surface area contributed by atoms with E-state index in [-0.39, 0.29) is 18.1 Å². The molecular weight excluding hydrogens is 362 g/mol. The van der Waals surface area contributed by atoms with Gasteiger partial charge < -0.3 is 15.1 Å². The summed E-state index contributed by atoms with van der Waals surface area (Å²) in [5, 5.41) is 12.1. The number of rotatable bonds is 4. The van der Waals surface area contributed by atoms with Crippen LogP contribution in [0.5, 0.6) is 0 Å². The number of benzene rings is 1. The highest BCUT2D eigenvalue weighted by molar-refractivity contribution is 6.30. The Morgan fingerprint density at radius 3 is 2.85 bits per heavy atom. The topological polar surface area (TPSA) is 61.4 Å². The second kappa shape index (κ2) is 7.72. The van der Waals surface area contributed by atoms with E-state index in [1.807, 2.05) is 48.3 Å². The average Bonchev–Trinajstić information content (AvgIpc) is 3.47. The van der Waals surface area contributed by atoms with Gasteiger partial charge in [0.25, 0.3) is 0 Å². The molecule has 142 valence electrons.